The fourth-order valence-electron chi connectivity index (χ4n) is 4.35. The van der Waals surface area contributed by atoms with E-state index in [0.29, 0.717) is 0 Å². The van der Waals surface area contributed by atoms with Crippen LogP contribution >= 0.6 is 0 Å². The molecule has 0 heterocycles. The topological polar surface area (TPSA) is 49.8 Å². The molecule has 0 atom stereocenters. The highest BCUT2D eigenvalue weighted by Gasteiger charge is 2.22. The minimum atomic E-state index is -0.968. The van der Waals surface area contributed by atoms with Gasteiger partial charge in [0.15, 0.2) is 0 Å². The quantitative estimate of drug-likeness (QED) is 0.241. The summed E-state index contributed by atoms with van der Waals surface area (Å²) in [4.78, 5) is 0. The minimum absolute atomic E-state index is 0.719. The van der Waals surface area contributed by atoms with E-state index in [-0.39, 0.29) is 0 Å². The zero-order chi connectivity index (χ0) is 24.8. The number of rotatable bonds is 6. The van der Waals surface area contributed by atoms with E-state index in [1.807, 2.05) is 24.3 Å². The second-order valence-electron chi connectivity index (χ2n) is 9.33. The lowest BCUT2D eigenvalue weighted by molar-refractivity contribution is 0.303. The summed E-state index contributed by atoms with van der Waals surface area (Å²) in [5.41, 5.74) is 9.46. The maximum absolute atomic E-state index is 8.91. The largest absolute Gasteiger partial charge is 0.359 e. The van der Waals surface area contributed by atoms with Crippen LogP contribution in [0.2, 0.25) is 5.21 Å². The van der Waals surface area contributed by atoms with Gasteiger partial charge in [-0.1, -0.05) is 75.9 Å². The summed E-state index contributed by atoms with van der Waals surface area (Å²) in [7, 11) is 10.5. The van der Waals surface area contributed by atoms with Crippen LogP contribution in [0.3, 0.4) is 0 Å². The molecule has 0 aliphatic heterocycles. The molecule has 0 unspecified atom stereocenters. The van der Waals surface area contributed by atoms with E-state index in [1.54, 1.807) is 6.92 Å². The van der Waals surface area contributed by atoms with Crippen LogP contribution in [-0.2, 0) is 0 Å². The SMILES string of the molecule is CCCCCC1CCC(c2ccc(-c3ccc(C#N)cc3)cc2)CC1.[B]C([B])(C)C#CC#CN. The molecular weight excluding hydrogens is 410 g/mol. The first-order valence-corrected chi connectivity index (χ1v) is 12.3. The van der Waals surface area contributed by atoms with Crippen molar-refractivity contribution in [2.75, 3.05) is 0 Å². The Kier molecular flexibility index (Phi) is 11.4. The van der Waals surface area contributed by atoms with Crippen molar-refractivity contribution in [2.24, 2.45) is 11.7 Å². The molecule has 0 spiro atoms. The zero-order valence-electron chi connectivity index (χ0n) is 20.6. The second-order valence-corrected chi connectivity index (χ2v) is 9.33. The Morgan fingerprint density at radius 3 is 2.00 bits per heavy atom. The van der Waals surface area contributed by atoms with Crippen LogP contribution in [0.4, 0.5) is 0 Å². The van der Waals surface area contributed by atoms with Crippen LogP contribution in [-0.4, -0.2) is 15.7 Å². The Hall–Kier alpha value is -3.02. The monoisotopic (exact) mass is 444 g/mol. The molecule has 34 heavy (non-hydrogen) atoms. The van der Waals surface area contributed by atoms with Crippen LogP contribution in [0.5, 0.6) is 0 Å². The third kappa shape index (κ3) is 9.86. The van der Waals surface area contributed by atoms with E-state index >= 15 is 0 Å². The molecule has 170 valence electrons. The van der Waals surface area contributed by atoms with Gasteiger partial charge in [0.25, 0.3) is 0 Å². The lowest BCUT2D eigenvalue weighted by Crippen LogP contribution is -2.13. The van der Waals surface area contributed by atoms with Gasteiger partial charge < -0.3 is 5.73 Å². The van der Waals surface area contributed by atoms with Crippen molar-refractivity contribution in [2.45, 2.75) is 76.3 Å². The summed E-state index contributed by atoms with van der Waals surface area (Å²) in [5, 5.41) is 7.94. The highest BCUT2D eigenvalue weighted by Crippen LogP contribution is 2.38. The molecule has 1 aliphatic rings. The number of nitriles is 1. The van der Waals surface area contributed by atoms with Gasteiger partial charge >= 0.3 is 0 Å². The van der Waals surface area contributed by atoms with Crippen molar-refractivity contribution < 1.29 is 0 Å². The fraction of sp³-hybridized carbons (Fsp3) is 0.433. The van der Waals surface area contributed by atoms with Crippen molar-refractivity contribution >= 4 is 15.7 Å². The molecule has 0 saturated heterocycles. The van der Waals surface area contributed by atoms with E-state index in [2.05, 4.69) is 61.1 Å². The van der Waals surface area contributed by atoms with Crippen LogP contribution in [0.25, 0.3) is 11.1 Å². The average molecular weight is 444 g/mol. The van der Waals surface area contributed by atoms with E-state index in [0.717, 1.165) is 17.4 Å². The highest BCUT2D eigenvalue weighted by atomic mass is 14.4. The normalized spacial score (nSPS) is 17.0. The third-order valence-electron chi connectivity index (χ3n) is 6.26. The number of nitrogens with zero attached hydrogens (tertiary/aromatic N) is 1. The van der Waals surface area contributed by atoms with Gasteiger partial charge in [-0.25, -0.2) is 0 Å². The van der Waals surface area contributed by atoms with Gasteiger partial charge in [0.2, 0.25) is 0 Å². The first-order valence-electron chi connectivity index (χ1n) is 12.3. The molecule has 0 aromatic heterocycles. The summed E-state index contributed by atoms with van der Waals surface area (Å²) in [5.74, 6) is 8.90. The molecule has 4 heteroatoms. The van der Waals surface area contributed by atoms with Crippen molar-refractivity contribution in [3.63, 3.8) is 0 Å². The third-order valence-corrected chi connectivity index (χ3v) is 6.26. The Bertz CT molecular complexity index is 1030. The Morgan fingerprint density at radius 2 is 1.50 bits per heavy atom. The highest BCUT2D eigenvalue weighted by molar-refractivity contribution is 6.41. The molecule has 1 fully saturated rings. The maximum atomic E-state index is 8.91. The molecule has 0 bridgehead atoms. The van der Waals surface area contributed by atoms with Crippen molar-refractivity contribution in [1.82, 2.24) is 0 Å². The van der Waals surface area contributed by atoms with Gasteiger partial charge in [-0.05, 0) is 77.5 Å². The molecule has 4 radical (unpaired) electrons. The van der Waals surface area contributed by atoms with Crippen molar-refractivity contribution in [3.8, 4) is 41.0 Å². The first-order chi connectivity index (χ1) is 16.4. The molecule has 2 N–H and O–H groups in total. The smallest absolute Gasteiger partial charge is 0.0991 e. The number of hydrogen-bond acceptors (Lipinski definition) is 2. The van der Waals surface area contributed by atoms with Gasteiger partial charge in [-0.2, -0.15) is 5.26 Å². The van der Waals surface area contributed by atoms with Crippen LogP contribution < -0.4 is 5.73 Å². The number of nitrogens with two attached hydrogens (primary N) is 1. The molecule has 1 saturated carbocycles. The van der Waals surface area contributed by atoms with Gasteiger partial charge in [0, 0.05) is 12.0 Å². The van der Waals surface area contributed by atoms with E-state index in [1.165, 1.54) is 68.1 Å². The van der Waals surface area contributed by atoms with Gasteiger partial charge in [-0.15, -0.1) is 5.92 Å². The number of hydrogen-bond donors (Lipinski definition) is 1. The summed E-state index contributed by atoms with van der Waals surface area (Å²) < 4.78 is 0. The van der Waals surface area contributed by atoms with E-state index in [4.69, 9.17) is 26.7 Å². The second kappa shape index (κ2) is 14.3. The average Bonchev–Trinajstić information content (AvgIpc) is 2.85. The lowest BCUT2D eigenvalue weighted by atomic mass is 9.56. The fourth-order valence-corrected chi connectivity index (χ4v) is 4.35. The number of benzene rings is 2. The Balaban J connectivity index is 0.000000387. The Labute approximate surface area is 209 Å². The maximum Gasteiger partial charge on any atom is 0.0991 e. The first kappa shape index (κ1) is 27.2. The van der Waals surface area contributed by atoms with Crippen molar-refractivity contribution in [1.29, 1.82) is 5.26 Å². The van der Waals surface area contributed by atoms with Crippen LogP contribution in [0, 0.1) is 41.1 Å². The van der Waals surface area contributed by atoms with E-state index < -0.39 is 5.21 Å². The summed E-state index contributed by atoms with van der Waals surface area (Å²) >= 11 is 0. The summed E-state index contributed by atoms with van der Waals surface area (Å²) in [6.45, 7) is 3.87. The van der Waals surface area contributed by atoms with Crippen molar-refractivity contribution in [3.05, 3.63) is 59.7 Å². The molecule has 0 amide bonds. The van der Waals surface area contributed by atoms with Crippen LogP contribution in [0.15, 0.2) is 48.5 Å². The van der Waals surface area contributed by atoms with Crippen LogP contribution in [0.1, 0.15) is 82.3 Å². The summed E-state index contributed by atoms with van der Waals surface area (Å²) in [6.07, 6.45) is 11.1. The zero-order valence-corrected chi connectivity index (χ0v) is 20.6. The van der Waals surface area contributed by atoms with E-state index in [9.17, 15) is 0 Å². The van der Waals surface area contributed by atoms with Gasteiger partial charge in [0.05, 0.1) is 27.3 Å². The minimum Gasteiger partial charge on any atom is -0.359 e. The molecule has 2 aromatic carbocycles. The van der Waals surface area contributed by atoms with Gasteiger partial charge in [0.1, 0.15) is 0 Å². The predicted octanol–water partition coefficient (Wildman–Crippen LogP) is 6.46. The lowest BCUT2D eigenvalue weighted by Gasteiger charge is -2.29. The predicted molar refractivity (Wildman–Crippen MR) is 145 cm³/mol. The number of unbranched alkanes of at least 4 members (excludes halogenated alkanes) is 2. The molecular formula is C30H34B2N2. The molecule has 1 aliphatic carbocycles. The summed E-state index contributed by atoms with van der Waals surface area (Å²) in [6, 6.07) is 21.3. The standard InChI is InChI=1S/C24H29N.C6H5B2N/c1-2-3-4-5-19-6-10-21(11-7-19)23-14-16-24(17-15-23)22-12-8-20(18-25)9-13-22;1-6(7,8)4-2-3-5-9/h8-9,12-17,19,21H,2-7,10-11H2,1H3;9H2,1H3. The Morgan fingerprint density at radius 1 is 0.912 bits per heavy atom. The van der Waals surface area contributed by atoms with Gasteiger partial charge in [-0.3, -0.25) is 0 Å². The molecule has 3 rings (SSSR count). The molecule has 2 nitrogen and oxygen atoms in total. The molecule has 2 aromatic rings.